The van der Waals surface area contributed by atoms with Gasteiger partial charge in [-0.3, -0.25) is 4.79 Å². The number of hydrogen-bond donors (Lipinski definition) is 3. The SMILES string of the molecule is COC1C(C(=O)N(c2cc(Cl)cc(Cl)c2)[C@H]2CCCC[C@@H]2O)OC(CO)C(O)C1n1cc(-c2ccc(F)c3ccccc23)nn1. The first-order valence-corrected chi connectivity index (χ1v) is 15.5. The Morgan fingerprint density at radius 3 is 2.49 bits per heavy atom. The molecule has 1 aliphatic carbocycles. The lowest BCUT2D eigenvalue weighted by molar-refractivity contribution is -0.211. The van der Waals surface area contributed by atoms with E-state index in [0.29, 0.717) is 50.6 Å². The zero-order chi connectivity index (χ0) is 31.8. The van der Waals surface area contributed by atoms with E-state index >= 15 is 0 Å². The lowest BCUT2D eigenvalue weighted by atomic mass is 9.88. The molecule has 1 saturated carbocycles. The number of aliphatic hydroxyl groups is 3. The van der Waals surface area contributed by atoms with E-state index in [1.165, 1.54) is 22.8 Å². The molecule has 10 nitrogen and oxygen atoms in total. The van der Waals surface area contributed by atoms with Crippen LogP contribution in [0.1, 0.15) is 31.7 Å². The van der Waals surface area contributed by atoms with E-state index in [2.05, 4.69) is 10.3 Å². The minimum absolute atomic E-state index is 0.304. The summed E-state index contributed by atoms with van der Waals surface area (Å²) in [7, 11) is 1.38. The quantitative estimate of drug-likeness (QED) is 0.264. The number of halogens is 3. The number of aromatic nitrogens is 3. The highest BCUT2D eigenvalue weighted by Gasteiger charge is 2.52. The molecular formula is C32H33Cl2FN4O6. The minimum atomic E-state index is -1.35. The summed E-state index contributed by atoms with van der Waals surface area (Å²) in [5.74, 6) is -0.937. The number of amides is 1. The number of aliphatic hydroxyl groups excluding tert-OH is 3. The van der Waals surface area contributed by atoms with E-state index in [0.717, 1.165) is 12.8 Å². The molecule has 1 aliphatic heterocycles. The Morgan fingerprint density at radius 1 is 1.09 bits per heavy atom. The van der Waals surface area contributed by atoms with Gasteiger partial charge < -0.3 is 29.7 Å². The Balaban J connectivity index is 1.40. The van der Waals surface area contributed by atoms with Gasteiger partial charge in [-0.15, -0.1) is 5.10 Å². The fourth-order valence-corrected chi connectivity index (χ4v) is 7.10. The summed E-state index contributed by atoms with van der Waals surface area (Å²) in [6.07, 6.45) is -1.58. The van der Waals surface area contributed by atoms with Crippen LogP contribution in [-0.4, -0.2) is 86.5 Å². The number of methoxy groups -OCH3 is 1. The highest BCUT2D eigenvalue weighted by atomic mass is 35.5. The predicted molar refractivity (Wildman–Crippen MR) is 167 cm³/mol. The third kappa shape index (κ3) is 6.06. The van der Waals surface area contributed by atoms with Crippen LogP contribution < -0.4 is 4.90 Å². The van der Waals surface area contributed by atoms with Crippen LogP contribution in [0.15, 0.2) is 60.8 Å². The molecule has 2 fully saturated rings. The first-order valence-electron chi connectivity index (χ1n) is 14.8. The summed E-state index contributed by atoms with van der Waals surface area (Å²) >= 11 is 12.7. The molecule has 0 bridgehead atoms. The van der Waals surface area contributed by atoms with Crippen molar-refractivity contribution in [3.05, 3.63) is 76.7 Å². The Hall–Kier alpha value is -3.16. The van der Waals surface area contributed by atoms with Crippen molar-refractivity contribution >= 4 is 45.6 Å². The van der Waals surface area contributed by atoms with Crippen molar-refractivity contribution < 1.29 is 34.0 Å². The molecular weight excluding hydrogens is 626 g/mol. The number of carbonyl (C=O) groups is 1. The van der Waals surface area contributed by atoms with Crippen LogP contribution in [0.25, 0.3) is 22.0 Å². The van der Waals surface area contributed by atoms with Gasteiger partial charge in [0.1, 0.15) is 35.9 Å². The van der Waals surface area contributed by atoms with Gasteiger partial charge in [0.25, 0.3) is 5.91 Å². The van der Waals surface area contributed by atoms with Gasteiger partial charge in [-0.05, 0) is 48.6 Å². The van der Waals surface area contributed by atoms with Crippen LogP contribution in [0.3, 0.4) is 0 Å². The Kier molecular flexibility index (Phi) is 9.39. The second kappa shape index (κ2) is 13.3. The lowest BCUT2D eigenvalue weighted by Gasteiger charge is -2.46. The molecule has 3 aromatic carbocycles. The summed E-state index contributed by atoms with van der Waals surface area (Å²) < 4.78 is 27.8. The van der Waals surface area contributed by atoms with Crippen molar-refractivity contribution in [3.63, 3.8) is 0 Å². The molecule has 2 aliphatic rings. The molecule has 13 heteroatoms. The third-order valence-electron chi connectivity index (χ3n) is 8.73. The zero-order valence-corrected chi connectivity index (χ0v) is 25.9. The number of benzene rings is 3. The van der Waals surface area contributed by atoms with E-state index in [9.17, 15) is 24.5 Å². The zero-order valence-electron chi connectivity index (χ0n) is 24.3. The molecule has 4 aromatic rings. The van der Waals surface area contributed by atoms with Crippen molar-refractivity contribution in [3.8, 4) is 11.3 Å². The van der Waals surface area contributed by atoms with Crippen LogP contribution in [0, 0.1) is 5.82 Å². The molecule has 1 amide bonds. The molecule has 5 unspecified atom stereocenters. The van der Waals surface area contributed by atoms with Gasteiger partial charge in [0, 0.05) is 33.8 Å². The van der Waals surface area contributed by atoms with Crippen LogP contribution in [0.5, 0.6) is 0 Å². The van der Waals surface area contributed by atoms with E-state index in [1.807, 2.05) is 0 Å². The summed E-state index contributed by atoms with van der Waals surface area (Å²) in [5, 5.41) is 42.9. The molecule has 238 valence electrons. The maximum absolute atomic E-state index is 14.6. The highest BCUT2D eigenvalue weighted by Crippen LogP contribution is 2.38. The van der Waals surface area contributed by atoms with Crippen LogP contribution >= 0.6 is 23.2 Å². The van der Waals surface area contributed by atoms with Gasteiger partial charge in [-0.2, -0.15) is 0 Å². The predicted octanol–water partition coefficient (Wildman–Crippen LogP) is 4.56. The monoisotopic (exact) mass is 658 g/mol. The normalized spacial score (nSPS) is 27.0. The molecule has 45 heavy (non-hydrogen) atoms. The van der Waals surface area contributed by atoms with Crippen molar-refractivity contribution in [1.82, 2.24) is 15.0 Å². The largest absolute Gasteiger partial charge is 0.394 e. The maximum atomic E-state index is 14.6. The molecule has 0 radical (unpaired) electrons. The van der Waals surface area contributed by atoms with Gasteiger partial charge in [0.05, 0.1) is 24.9 Å². The van der Waals surface area contributed by atoms with E-state index in [4.69, 9.17) is 32.7 Å². The first kappa shape index (κ1) is 31.8. The van der Waals surface area contributed by atoms with Crippen molar-refractivity contribution in [2.24, 2.45) is 0 Å². The summed E-state index contributed by atoms with van der Waals surface area (Å²) in [6, 6.07) is 13.0. The molecule has 0 spiro atoms. The van der Waals surface area contributed by atoms with Crippen LogP contribution in [0.2, 0.25) is 10.0 Å². The van der Waals surface area contributed by atoms with E-state index < -0.39 is 55.1 Å². The molecule has 2 heterocycles. The van der Waals surface area contributed by atoms with E-state index in [1.54, 1.807) is 54.7 Å². The molecule has 7 atom stereocenters. The van der Waals surface area contributed by atoms with Gasteiger partial charge in [-0.25, -0.2) is 9.07 Å². The van der Waals surface area contributed by atoms with Crippen molar-refractivity contribution in [2.45, 2.75) is 68.3 Å². The standard InChI is InChI=1S/C32H33Cl2FN4O6/c1-44-30-28(38-15-24(36-37-38)22-10-11-23(35)21-7-3-2-6-20(21)22)29(42)27(16-40)45-31(30)32(43)39(25-8-4-5-9-26(25)41)19-13-17(33)12-18(34)14-19/h2-3,6-7,10-15,25-31,40-42H,4-5,8-9,16H2,1H3/t25-,26-,27?,28?,29?,30?,31?/m0/s1. The number of ether oxygens (including phenoxy) is 2. The Bertz CT molecular complexity index is 1670. The molecule has 6 rings (SSSR count). The van der Waals surface area contributed by atoms with Crippen molar-refractivity contribution in [2.75, 3.05) is 18.6 Å². The number of anilines is 1. The summed E-state index contributed by atoms with van der Waals surface area (Å²) in [6.45, 7) is -0.600. The third-order valence-corrected chi connectivity index (χ3v) is 9.17. The first-order chi connectivity index (χ1) is 21.7. The second-order valence-corrected chi connectivity index (χ2v) is 12.3. The number of hydrogen-bond acceptors (Lipinski definition) is 8. The fraction of sp³-hybridized carbons (Fsp3) is 0.406. The Morgan fingerprint density at radius 2 is 1.80 bits per heavy atom. The number of nitrogens with zero attached hydrogens (tertiary/aromatic N) is 4. The average molecular weight is 660 g/mol. The van der Waals surface area contributed by atoms with Crippen LogP contribution in [-0.2, 0) is 14.3 Å². The summed E-state index contributed by atoms with van der Waals surface area (Å²) in [5.41, 5.74) is 1.40. The van der Waals surface area contributed by atoms with Gasteiger partial charge in [0.15, 0.2) is 6.10 Å². The molecule has 1 aromatic heterocycles. The number of carbonyl (C=O) groups excluding carboxylic acids is 1. The Labute approximate surface area is 268 Å². The van der Waals surface area contributed by atoms with Gasteiger partial charge in [-0.1, -0.05) is 65.5 Å². The summed E-state index contributed by atoms with van der Waals surface area (Å²) in [4.78, 5) is 16.0. The average Bonchev–Trinajstić information content (AvgIpc) is 3.51. The van der Waals surface area contributed by atoms with Gasteiger partial charge in [0.2, 0.25) is 0 Å². The number of rotatable bonds is 7. The fourth-order valence-electron chi connectivity index (χ4n) is 6.58. The lowest BCUT2D eigenvalue weighted by Crippen LogP contribution is -2.63. The molecule has 1 saturated heterocycles. The highest BCUT2D eigenvalue weighted by molar-refractivity contribution is 6.35. The molecule has 3 N–H and O–H groups in total. The number of fused-ring (bicyclic) bond motifs is 1. The van der Waals surface area contributed by atoms with Crippen LogP contribution in [0.4, 0.5) is 10.1 Å². The topological polar surface area (TPSA) is 130 Å². The second-order valence-electron chi connectivity index (χ2n) is 11.4. The van der Waals surface area contributed by atoms with Crippen molar-refractivity contribution in [1.29, 1.82) is 0 Å². The van der Waals surface area contributed by atoms with E-state index in [-0.39, 0.29) is 5.82 Å². The smallest absolute Gasteiger partial charge is 0.259 e. The maximum Gasteiger partial charge on any atom is 0.259 e. The minimum Gasteiger partial charge on any atom is -0.394 e. The van der Waals surface area contributed by atoms with Gasteiger partial charge >= 0.3 is 0 Å².